The van der Waals surface area contributed by atoms with Gasteiger partial charge in [0.1, 0.15) is 0 Å². The number of carbonyl (C=O) groups is 2. The first kappa shape index (κ1) is 25.8. The van der Waals surface area contributed by atoms with Crippen LogP contribution in [0.25, 0.3) is 22.9 Å². The van der Waals surface area contributed by atoms with E-state index in [1.165, 1.54) is 22.3 Å². The highest BCUT2D eigenvalue weighted by molar-refractivity contribution is 6.34. The fourth-order valence-corrected chi connectivity index (χ4v) is 6.24. The van der Waals surface area contributed by atoms with Gasteiger partial charge in [-0.2, -0.15) is 0 Å². The van der Waals surface area contributed by atoms with Gasteiger partial charge < -0.3 is 9.47 Å². The van der Waals surface area contributed by atoms with E-state index >= 15 is 0 Å². The van der Waals surface area contributed by atoms with E-state index < -0.39 is 0 Å². The van der Waals surface area contributed by atoms with Crippen LogP contribution in [0.4, 0.5) is 5.69 Å². The third kappa shape index (κ3) is 4.68. The molecule has 0 fully saturated rings. The third-order valence-electron chi connectivity index (χ3n) is 7.94. The summed E-state index contributed by atoms with van der Waals surface area (Å²) in [5.74, 6) is 0.333. The summed E-state index contributed by atoms with van der Waals surface area (Å²) in [6, 6.07) is 0. The number of ether oxygens (including phenoxy) is 2. The van der Waals surface area contributed by atoms with Gasteiger partial charge in [-0.1, -0.05) is 12.2 Å². The van der Waals surface area contributed by atoms with Gasteiger partial charge in [-0.3, -0.25) is 24.5 Å². The average Bonchev–Trinajstić information content (AvgIpc) is 3.58. The maximum absolute atomic E-state index is 12.4. The summed E-state index contributed by atoms with van der Waals surface area (Å²) in [6.07, 6.45) is 14.2. The number of fused-ring (bicyclic) bond motifs is 9. The lowest BCUT2D eigenvalue weighted by Gasteiger charge is -2.22. The number of likely N-dealkylation sites (N-methyl/N-ethyl adjacent to an activating group) is 1. The molecule has 5 aliphatic rings. The standard InChI is InChI=1S/C32H35N3O4/c1-18(2)39-17-26-21-9-7-19(6-5-11-38-28(37)16-35(3)4)12-22(21)29-24-14-33-15-25(24)30-23-13-20(36)8-10-27(23)34-32(30)31(26)29/h7,9,13-15,18-19H,5-6,8,10-12,16-17H2,1-4H3. The SMILES string of the molecule is CC(C)OCC1=c2c3c(c4c(c2C2=C1C=CC(CCCOC(=O)CN(C)C)C2)C=NC=4)C1=CC(=O)CCC1=N3. The van der Waals surface area contributed by atoms with E-state index in [0.717, 1.165) is 57.8 Å². The van der Waals surface area contributed by atoms with Gasteiger partial charge in [0.05, 0.1) is 31.5 Å². The molecule has 0 N–H and O–H groups in total. The summed E-state index contributed by atoms with van der Waals surface area (Å²) in [7, 11) is 3.72. The smallest absolute Gasteiger partial charge is 0.320 e. The second kappa shape index (κ2) is 10.3. The molecule has 1 atom stereocenters. The highest BCUT2D eigenvalue weighted by Crippen LogP contribution is 2.44. The summed E-state index contributed by atoms with van der Waals surface area (Å²) >= 11 is 0. The Labute approximate surface area is 229 Å². The van der Waals surface area contributed by atoms with Gasteiger partial charge in [0, 0.05) is 51.7 Å². The largest absolute Gasteiger partial charge is 0.465 e. The molecular weight excluding hydrogens is 490 g/mol. The Morgan fingerprint density at radius 1 is 1.21 bits per heavy atom. The van der Waals surface area contributed by atoms with Gasteiger partial charge in [0.2, 0.25) is 0 Å². The Morgan fingerprint density at radius 3 is 2.85 bits per heavy atom. The number of rotatable bonds is 9. The van der Waals surface area contributed by atoms with Crippen molar-refractivity contribution in [3.8, 4) is 0 Å². The van der Waals surface area contributed by atoms with Crippen molar-refractivity contribution in [1.29, 1.82) is 0 Å². The van der Waals surface area contributed by atoms with Crippen LogP contribution in [0.5, 0.6) is 0 Å². The highest BCUT2D eigenvalue weighted by atomic mass is 16.5. The van der Waals surface area contributed by atoms with Gasteiger partial charge in [0.15, 0.2) is 5.78 Å². The summed E-state index contributed by atoms with van der Waals surface area (Å²) in [5, 5.41) is 2.22. The second-order valence-electron chi connectivity index (χ2n) is 11.4. The van der Waals surface area contributed by atoms with Crippen molar-refractivity contribution < 1.29 is 19.1 Å². The van der Waals surface area contributed by atoms with E-state index in [-0.39, 0.29) is 17.9 Å². The topological polar surface area (TPSA) is 80.6 Å². The summed E-state index contributed by atoms with van der Waals surface area (Å²) < 4.78 is 11.6. The number of hydrogen-bond acceptors (Lipinski definition) is 7. The molecular formula is C32H35N3O4. The molecule has 0 saturated carbocycles. The molecule has 0 radical (unpaired) electrons. The van der Waals surface area contributed by atoms with E-state index in [1.807, 2.05) is 31.4 Å². The maximum atomic E-state index is 12.4. The molecule has 202 valence electrons. The van der Waals surface area contributed by atoms with Crippen molar-refractivity contribution in [2.24, 2.45) is 15.9 Å². The molecule has 2 aliphatic heterocycles. The van der Waals surface area contributed by atoms with Crippen LogP contribution in [-0.2, 0) is 19.1 Å². The van der Waals surface area contributed by atoms with Crippen molar-refractivity contribution in [1.82, 2.24) is 4.90 Å². The molecule has 39 heavy (non-hydrogen) atoms. The zero-order valence-electron chi connectivity index (χ0n) is 23.2. The summed E-state index contributed by atoms with van der Waals surface area (Å²) in [6.45, 7) is 5.37. The Hall–Kier alpha value is -3.42. The predicted molar refractivity (Wildman–Crippen MR) is 154 cm³/mol. The Kier molecular flexibility index (Phi) is 6.81. The Morgan fingerprint density at radius 2 is 2.05 bits per heavy atom. The van der Waals surface area contributed by atoms with Gasteiger partial charge in [0.25, 0.3) is 0 Å². The molecule has 1 aromatic rings. The van der Waals surface area contributed by atoms with Crippen molar-refractivity contribution in [3.63, 3.8) is 0 Å². The van der Waals surface area contributed by atoms with Crippen molar-refractivity contribution in [2.75, 3.05) is 33.9 Å². The van der Waals surface area contributed by atoms with Gasteiger partial charge in [-0.15, -0.1) is 0 Å². The fourth-order valence-electron chi connectivity index (χ4n) is 6.24. The van der Waals surface area contributed by atoms with Crippen LogP contribution in [0, 0.1) is 5.92 Å². The molecule has 7 heteroatoms. The first-order chi connectivity index (χ1) is 18.8. The maximum Gasteiger partial charge on any atom is 0.320 e. The molecule has 0 saturated heterocycles. The van der Waals surface area contributed by atoms with E-state index in [0.29, 0.717) is 38.5 Å². The fraction of sp³-hybridized carbons (Fsp3) is 0.438. The normalized spacial score (nSPS) is 20.1. The van der Waals surface area contributed by atoms with E-state index in [4.69, 9.17) is 14.5 Å². The zero-order valence-corrected chi connectivity index (χ0v) is 23.2. The number of hydrogen-bond donors (Lipinski definition) is 0. The molecule has 0 amide bonds. The highest BCUT2D eigenvalue weighted by Gasteiger charge is 2.36. The minimum absolute atomic E-state index is 0.104. The average molecular weight is 526 g/mol. The van der Waals surface area contributed by atoms with Crippen LogP contribution in [0.1, 0.15) is 62.6 Å². The van der Waals surface area contributed by atoms with Crippen molar-refractivity contribution >= 4 is 52.3 Å². The number of benzene rings is 1. The Bertz CT molecular complexity index is 1550. The van der Waals surface area contributed by atoms with E-state index in [2.05, 4.69) is 31.0 Å². The lowest BCUT2D eigenvalue weighted by atomic mass is 9.83. The van der Waals surface area contributed by atoms with E-state index in [9.17, 15) is 9.59 Å². The number of aliphatic imine (C=N–C) groups is 2. The van der Waals surface area contributed by atoms with Crippen LogP contribution in [0.3, 0.4) is 0 Å². The summed E-state index contributed by atoms with van der Waals surface area (Å²) in [4.78, 5) is 35.8. The molecule has 6 rings (SSSR count). The quantitative estimate of drug-likeness (QED) is 0.364. The van der Waals surface area contributed by atoms with Gasteiger partial charge in [-0.25, -0.2) is 0 Å². The molecule has 0 spiro atoms. The lowest BCUT2D eigenvalue weighted by Crippen LogP contribution is -2.25. The molecule has 0 aromatic heterocycles. The van der Waals surface area contributed by atoms with Crippen LogP contribution in [0.2, 0.25) is 0 Å². The monoisotopic (exact) mass is 525 g/mol. The van der Waals surface area contributed by atoms with Crippen molar-refractivity contribution in [3.05, 3.63) is 50.9 Å². The first-order valence-corrected chi connectivity index (χ1v) is 13.9. The number of esters is 1. The molecule has 1 unspecified atom stereocenters. The number of nitrogens with zero attached hydrogens (tertiary/aromatic N) is 3. The van der Waals surface area contributed by atoms with Gasteiger partial charge in [-0.05, 0) is 87.9 Å². The molecule has 0 bridgehead atoms. The lowest BCUT2D eigenvalue weighted by molar-refractivity contribution is -0.144. The first-order valence-electron chi connectivity index (χ1n) is 13.9. The number of allylic oxidation sites excluding steroid dienone is 5. The molecule has 1 aromatic carbocycles. The number of ketones is 1. The zero-order chi connectivity index (χ0) is 27.3. The summed E-state index contributed by atoms with van der Waals surface area (Å²) in [5.41, 5.74) is 10.1. The number of carbonyl (C=O) groups excluding carboxylic acids is 2. The molecule has 3 aliphatic carbocycles. The molecule has 7 nitrogen and oxygen atoms in total. The Balaban J connectivity index is 1.36. The van der Waals surface area contributed by atoms with Crippen molar-refractivity contribution in [2.45, 2.75) is 52.1 Å². The third-order valence-corrected chi connectivity index (χ3v) is 7.94. The van der Waals surface area contributed by atoms with Crippen LogP contribution in [-0.4, -0.2) is 68.5 Å². The van der Waals surface area contributed by atoms with Gasteiger partial charge >= 0.3 is 5.97 Å². The van der Waals surface area contributed by atoms with Crippen LogP contribution >= 0.6 is 0 Å². The minimum Gasteiger partial charge on any atom is -0.465 e. The second-order valence-corrected chi connectivity index (χ2v) is 11.4. The minimum atomic E-state index is -0.183. The van der Waals surface area contributed by atoms with Crippen LogP contribution in [0.15, 0.2) is 33.8 Å². The predicted octanol–water partition coefficient (Wildman–Crippen LogP) is 3.49. The molecule has 2 heterocycles. The van der Waals surface area contributed by atoms with Crippen LogP contribution < -0.4 is 10.4 Å². The van der Waals surface area contributed by atoms with E-state index in [1.54, 1.807) is 6.08 Å².